The Morgan fingerprint density at radius 1 is 1.26 bits per heavy atom. The van der Waals surface area contributed by atoms with Gasteiger partial charge in [-0.15, -0.1) is 0 Å². The fraction of sp³-hybridized carbons (Fsp3) is 0.211. The zero-order valence-electron chi connectivity index (χ0n) is 16.1. The molecule has 0 fully saturated rings. The number of nitro groups is 1. The number of fused-ring (bicyclic) bond motifs is 1. The summed E-state index contributed by atoms with van der Waals surface area (Å²) in [6.07, 6.45) is 1.78. The minimum atomic E-state index is -2.99. The summed E-state index contributed by atoms with van der Waals surface area (Å²) >= 11 is 0. The van der Waals surface area contributed by atoms with E-state index >= 15 is 0 Å². The van der Waals surface area contributed by atoms with Gasteiger partial charge in [-0.05, 0) is 41.1 Å². The Balaban J connectivity index is 1.77. The van der Waals surface area contributed by atoms with Crippen molar-refractivity contribution in [1.29, 1.82) is 0 Å². The zero-order valence-corrected chi connectivity index (χ0v) is 16.1. The molecule has 31 heavy (non-hydrogen) atoms. The lowest BCUT2D eigenvalue weighted by molar-refractivity contribution is -0.384. The van der Waals surface area contributed by atoms with Crippen molar-refractivity contribution in [3.05, 3.63) is 69.8 Å². The normalized spacial score (nSPS) is 15.1. The SMILES string of the molecule is CCOc1cc([C@@H]2C=C(c3cccc([N+](=O)[O-])c3)Nc3nnnn32)ccc1OC(F)F. The molecule has 0 saturated carbocycles. The number of alkyl halides is 2. The van der Waals surface area contributed by atoms with Gasteiger partial charge in [0.15, 0.2) is 11.5 Å². The van der Waals surface area contributed by atoms with Crippen LogP contribution in [0.5, 0.6) is 11.5 Å². The van der Waals surface area contributed by atoms with Crippen molar-refractivity contribution < 1.29 is 23.2 Å². The van der Waals surface area contributed by atoms with Crippen LogP contribution in [0.4, 0.5) is 20.4 Å². The van der Waals surface area contributed by atoms with Crippen molar-refractivity contribution in [1.82, 2.24) is 20.2 Å². The van der Waals surface area contributed by atoms with Crippen LogP contribution in [0.3, 0.4) is 0 Å². The number of aromatic nitrogens is 4. The van der Waals surface area contributed by atoms with E-state index in [2.05, 4.69) is 25.6 Å². The monoisotopic (exact) mass is 430 g/mol. The first-order valence-corrected chi connectivity index (χ1v) is 9.19. The lowest BCUT2D eigenvalue weighted by Gasteiger charge is -2.24. The number of nitrogens with one attached hydrogen (secondary N) is 1. The van der Waals surface area contributed by atoms with Gasteiger partial charge in [-0.1, -0.05) is 23.3 Å². The molecular weight excluding hydrogens is 414 g/mol. The minimum Gasteiger partial charge on any atom is -0.490 e. The predicted octanol–water partition coefficient (Wildman–Crippen LogP) is 3.64. The molecule has 2 aromatic carbocycles. The molecule has 0 amide bonds. The third-order valence-corrected chi connectivity index (χ3v) is 4.52. The van der Waals surface area contributed by atoms with Crippen LogP contribution in [-0.2, 0) is 0 Å². The summed E-state index contributed by atoms with van der Waals surface area (Å²) in [4.78, 5) is 10.7. The van der Waals surface area contributed by atoms with Crippen molar-refractivity contribution >= 4 is 17.3 Å². The number of ether oxygens (including phenoxy) is 2. The van der Waals surface area contributed by atoms with Gasteiger partial charge in [0.05, 0.1) is 11.5 Å². The Morgan fingerprint density at radius 3 is 2.84 bits per heavy atom. The summed E-state index contributed by atoms with van der Waals surface area (Å²) < 4.78 is 36.9. The number of nitro benzene ring substituents is 1. The van der Waals surface area contributed by atoms with Crippen molar-refractivity contribution in [2.75, 3.05) is 11.9 Å². The Hall–Kier alpha value is -4.09. The Labute approximate surface area is 174 Å². The first-order chi connectivity index (χ1) is 15.0. The van der Waals surface area contributed by atoms with Crippen LogP contribution >= 0.6 is 0 Å². The van der Waals surface area contributed by atoms with E-state index < -0.39 is 17.6 Å². The maximum absolute atomic E-state index is 12.7. The van der Waals surface area contributed by atoms with E-state index in [1.165, 1.54) is 22.9 Å². The quantitative estimate of drug-likeness (QED) is 0.446. The molecule has 4 rings (SSSR count). The van der Waals surface area contributed by atoms with Crippen molar-refractivity contribution in [3.8, 4) is 11.5 Å². The molecule has 0 spiro atoms. The first-order valence-electron chi connectivity index (χ1n) is 9.19. The van der Waals surface area contributed by atoms with Crippen molar-refractivity contribution in [2.24, 2.45) is 0 Å². The second-order valence-electron chi connectivity index (χ2n) is 6.42. The molecular formula is C19H16F2N6O4. The average molecular weight is 430 g/mol. The van der Waals surface area contributed by atoms with Crippen LogP contribution in [0.15, 0.2) is 48.5 Å². The van der Waals surface area contributed by atoms with Gasteiger partial charge in [0.25, 0.3) is 5.69 Å². The van der Waals surface area contributed by atoms with Gasteiger partial charge in [-0.25, -0.2) is 0 Å². The number of anilines is 1. The highest BCUT2D eigenvalue weighted by atomic mass is 19.3. The van der Waals surface area contributed by atoms with Gasteiger partial charge in [0.2, 0.25) is 5.95 Å². The molecule has 2 heterocycles. The molecule has 3 aromatic rings. The predicted molar refractivity (Wildman–Crippen MR) is 105 cm³/mol. The van der Waals surface area contributed by atoms with Gasteiger partial charge in [-0.3, -0.25) is 10.1 Å². The van der Waals surface area contributed by atoms with Crippen LogP contribution in [0.2, 0.25) is 0 Å². The van der Waals surface area contributed by atoms with Crippen molar-refractivity contribution in [3.63, 3.8) is 0 Å². The molecule has 0 aliphatic carbocycles. The molecule has 0 saturated heterocycles. The number of benzene rings is 2. The molecule has 10 nitrogen and oxygen atoms in total. The van der Waals surface area contributed by atoms with E-state index in [-0.39, 0.29) is 23.8 Å². The molecule has 1 aliphatic heterocycles. The van der Waals surface area contributed by atoms with Crippen LogP contribution in [-0.4, -0.2) is 38.3 Å². The maximum Gasteiger partial charge on any atom is 0.387 e. The number of non-ortho nitro benzene ring substituents is 1. The van der Waals surface area contributed by atoms with Crippen LogP contribution in [0, 0.1) is 10.1 Å². The highest BCUT2D eigenvalue weighted by molar-refractivity contribution is 5.78. The number of hydrogen-bond donors (Lipinski definition) is 1. The number of nitrogens with zero attached hydrogens (tertiary/aromatic N) is 5. The summed E-state index contributed by atoms with van der Waals surface area (Å²) in [6, 6.07) is 10.2. The lowest BCUT2D eigenvalue weighted by Crippen LogP contribution is -2.20. The van der Waals surface area contributed by atoms with Gasteiger partial charge in [-0.2, -0.15) is 13.5 Å². The molecule has 0 bridgehead atoms. The van der Waals surface area contributed by atoms with Crippen LogP contribution < -0.4 is 14.8 Å². The Morgan fingerprint density at radius 2 is 2.10 bits per heavy atom. The van der Waals surface area contributed by atoms with E-state index in [4.69, 9.17) is 4.74 Å². The molecule has 1 aliphatic rings. The standard InChI is InChI=1S/C19H16F2N6O4/c1-2-30-17-9-12(6-7-16(17)31-18(20)21)15-10-14(22-19-23-24-25-26(15)19)11-4-3-5-13(8-11)27(28)29/h3-10,15,18H,2H2,1H3,(H,22,23,25)/t15-/m0/s1. The molecule has 160 valence electrons. The second-order valence-corrected chi connectivity index (χ2v) is 6.42. The Kier molecular flexibility index (Phi) is 5.43. The van der Waals surface area contributed by atoms with E-state index in [0.29, 0.717) is 22.8 Å². The van der Waals surface area contributed by atoms with Gasteiger partial charge in [0, 0.05) is 23.4 Å². The van der Waals surface area contributed by atoms with Crippen molar-refractivity contribution in [2.45, 2.75) is 19.6 Å². The second kappa shape index (κ2) is 8.34. The summed E-state index contributed by atoms with van der Waals surface area (Å²) in [7, 11) is 0. The van der Waals surface area contributed by atoms with Crippen LogP contribution in [0.1, 0.15) is 24.1 Å². The topological polar surface area (TPSA) is 117 Å². The van der Waals surface area contributed by atoms with Gasteiger partial charge < -0.3 is 14.8 Å². The fourth-order valence-corrected chi connectivity index (χ4v) is 3.22. The van der Waals surface area contributed by atoms with E-state index in [1.807, 2.05) is 0 Å². The molecule has 0 radical (unpaired) electrons. The van der Waals surface area contributed by atoms with Gasteiger partial charge >= 0.3 is 6.61 Å². The maximum atomic E-state index is 12.7. The lowest BCUT2D eigenvalue weighted by atomic mass is 10.0. The minimum absolute atomic E-state index is 0.0611. The fourth-order valence-electron chi connectivity index (χ4n) is 3.22. The molecule has 1 atom stereocenters. The number of tetrazole rings is 1. The number of rotatable bonds is 7. The summed E-state index contributed by atoms with van der Waals surface area (Å²) in [6.45, 7) is -1.01. The smallest absolute Gasteiger partial charge is 0.387 e. The first kappa shape index (κ1) is 20.2. The molecule has 1 N–H and O–H groups in total. The average Bonchev–Trinajstić information content (AvgIpc) is 3.23. The Bertz CT molecular complexity index is 1150. The highest BCUT2D eigenvalue weighted by Crippen LogP contribution is 2.37. The van der Waals surface area contributed by atoms with E-state index in [1.54, 1.807) is 37.3 Å². The van der Waals surface area contributed by atoms with Crippen LogP contribution in [0.25, 0.3) is 5.70 Å². The molecule has 1 aromatic heterocycles. The molecule has 12 heteroatoms. The third-order valence-electron chi connectivity index (χ3n) is 4.52. The van der Waals surface area contributed by atoms with Gasteiger partial charge in [0.1, 0.15) is 6.04 Å². The number of hydrogen-bond acceptors (Lipinski definition) is 8. The summed E-state index contributed by atoms with van der Waals surface area (Å²) in [5.74, 6) is 0.382. The van der Waals surface area contributed by atoms with E-state index in [0.717, 1.165) is 0 Å². The third kappa shape index (κ3) is 4.13. The summed E-state index contributed by atoms with van der Waals surface area (Å²) in [5, 5.41) is 25.8. The number of allylic oxidation sites excluding steroid dienone is 1. The molecule has 0 unspecified atom stereocenters. The summed E-state index contributed by atoms with van der Waals surface area (Å²) in [5.41, 5.74) is 1.70. The largest absolute Gasteiger partial charge is 0.490 e. The number of halogens is 2. The zero-order chi connectivity index (χ0) is 22.0. The highest BCUT2D eigenvalue weighted by Gasteiger charge is 2.26. The van der Waals surface area contributed by atoms with E-state index in [9.17, 15) is 18.9 Å².